The Morgan fingerprint density at radius 3 is 2.75 bits per heavy atom. The monoisotopic (exact) mass is 221 g/mol. The number of nitrogens with two attached hydrogens (primary N) is 1. The highest BCUT2D eigenvalue weighted by Gasteiger charge is 2.26. The van der Waals surface area contributed by atoms with Gasteiger partial charge in [0.15, 0.2) is 0 Å². The van der Waals surface area contributed by atoms with Crippen LogP contribution in [0, 0.1) is 18.3 Å². The molecule has 1 saturated heterocycles. The zero-order valence-corrected chi connectivity index (χ0v) is 10.1. The maximum absolute atomic E-state index is 7.64. The van der Waals surface area contributed by atoms with Gasteiger partial charge in [-0.15, -0.1) is 0 Å². The number of aryl methyl sites for hydroxylation is 2. The molecule has 5 nitrogen and oxygen atoms in total. The Balaban J connectivity index is 2.43. The largest absolute Gasteiger partial charge is 0.384 e. The second-order valence-corrected chi connectivity index (χ2v) is 4.66. The number of anilines is 1. The number of aromatic nitrogens is 2. The van der Waals surface area contributed by atoms with Crippen LogP contribution < -0.4 is 10.6 Å². The Morgan fingerprint density at radius 2 is 2.25 bits per heavy atom. The van der Waals surface area contributed by atoms with E-state index in [0.717, 1.165) is 30.2 Å². The first-order chi connectivity index (χ1) is 7.50. The van der Waals surface area contributed by atoms with Gasteiger partial charge in [0.25, 0.3) is 0 Å². The normalized spacial score (nSPS) is 20.4. The standard InChI is InChI=1S/C11H19N5/c1-7-4-5-16(6-7)11-9(10(12)13)8(2)14-15(11)3/h7H,4-6H2,1-3H3,(H3,12,13). The molecule has 0 aromatic carbocycles. The SMILES string of the molecule is Cc1nn(C)c(N2CCC(C)C2)c1C(=N)N. The Morgan fingerprint density at radius 1 is 1.56 bits per heavy atom. The minimum absolute atomic E-state index is 0.111. The number of nitrogens with one attached hydrogen (secondary N) is 1. The van der Waals surface area contributed by atoms with Gasteiger partial charge in [-0.2, -0.15) is 5.10 Å². The van der Waals surface area contributed by atoms with Crippen molar-refractivity contribution >= 4 is 11.7 Å². The van der Waals surface area contributed by atoms with Crippen molar-refractivity contribution < 1.29 is 0 Å². The molecule has 1 atom stereocenters. The molecule has 88 valence electrons. The summed E-state index contributed by atoms with van der Waals surface area (Å²) in [6, 6.07) is 0. The van der Waals surface area contributed by atoms with Crippen LogP contribution in [0.5, 0.6) is 0 Å². The van der Waals surface area contributed by atoms with Gasteiger partial charge in [-0.3, -0.25) is 10.1 Å². The third-order valence-corrected chi connectivity index (χ3v) is 3.18. The number of hydrogen-bond acceptors (Lipinski definition) is 3. The van der Waals surface area contributed by atoms with Crippen LogP contribution in [-0.4, -0.2) is 28.7 Å². The van der Waals surface area contributed by atoms with Crippen LogP contribution in [0.2, 0.25) is 0 Å². The third kappa shape index (κ3) is 1.66. The summed E-state index contributed by atoms with van der Waals surface area (Å²) in [5, 5.41) is 12.0. The molecule has 0 saturated carbocycles. The average Bonchev–Trinajstić information content (AvgIpc) is 2.69. The first kappa shape index (κ1) is 11.0. The summed E-state index contributed by atoms with van der Waals surface area (Å²) in [5.74, 6) is 1.81. The molecule has 1 aromatic heterocycles. The Bertz CT molecular complexity index is 420. The van der Waals surface area contributed by atoms with Crippen molar-refractivity contribution in [2.75, 3.05) is 18.0 Å². The molecular weight excluding hydrogens is 202 g/mol. The van der Waals surface area contributed by atoms with E-state index in [1.807, 2.05) is 18.7 Å². The quantitative estimate of drug-likeness (QED) is 0.574. The molecule has 2 heterocycles. The van der Waals surface area contributed by atoms with Gasteiger partial charge in [-0.05, 0) is 19.3 Å². The third-order valence-electron chi connectivity index (χ3n) is 3.18. The second kappa shape index (κ2) is 3.81. The number of amidine groups is 1. The van der Waals surface area contributed by atoms with Gasteiger partial charge in [0, 0.05) is 20.1 Å². The van der Waals surface area contributed by atoms with Crippen LogP contribution in [0.3, 0.4) is 0 Å². The molecular formula is C11H19N5. The molecule has 0 aliphatic carbocycles. The topological polar surface area (TPSA) is 70.9 Å². The summed E-state index contributed by atoms with van der Waals surface area (Å²) in [7, 11) is 1.91. The van der Waals surface area contributed by atoms with Gasteiger partial charge in [-0.1, -0.05) is 6.92 Å². The second-order valence-electron chi connectivity index (χ2n) is 4.66. The van der Waals surface area contributed by atoms with E-state index in [1.54, 1.807) is 0 Å². The van der Waals surface area contributed by atoms with Crippen molar-refractivity contribution in [2.24, 2.45) is 18.7 Å². The van der Waals surface area contributed by atoms with Crippen molar-refractivity contribution in [3.05, 3.63) is 11.3 Å². The molecule has 0 amide bonds. The van der Waals surface area contributed by atoms with Gasteiger partial charge in [-0.25, -0.2) is 0 Å². The van der Waals surface area contributed by atoms with E-state index in [2.05, 4.69) is 16.9 Å². The lowest BCUT2D eigenvalue weighted by Crippen LogP contribution is -2.25. The lowest BCUT2D eigenvalue weighted by Gasteiger charge is -2.19. The first-order valence-corrected chi connectivity index (χ1v) is 5.63. The molecule has 2 rings (SSSR count). The van der Waals surface area contributed by atoms with Crippen LogP contribution in [0.25, 0.3) is 0 Å². The predicted octanol–water partition coefficient (Wildman–Crippen LogP) is 0.859. The van der Waals surface area contributed by atoms with Gasteiger partial charge < -0.3 is 10.6 Å². The van der Waals surface area contributed by atoms with Crippen LogP contribution in [0.4, 0.5) is 5.82 Å². The van der Waals surface area contributed by atoms with Crippen LogP contribution >= 0.6 is 0 Å². The number of hydrogen-bond donors (Lipinski definition) is 2. The molecule has 1 aromatic rings. The van der Waals surface area contributed by atoms with Crippen molar-refractivity contribution in [3.63, 3.8) is 0 Å². The van der Waals surface area contributed by atoms with E-state index in [4.69, 9.17) is 11.1 Å². The van der Waals surface area contributed by atoms with Gasteiger partial charge in [0.2, 0.25) is 0 Å². The fourth-order valence-corrected chi connectivity index (χ4v) is 2.45. The lowest BCUT2D eigenvalue weighted by molar-refractivity contribution is 0.655. The molecule has 0 radical (unpaired) electrons. The smallest absolute Gasteiger partial charge is 0.137 e. The maximum atomic E-state index is 7.64. The molecule has 3 N–H and O–H groups in total. The summed E-state index contributed by atoms with van der Waals surface area (Å²) < 4.78 is 1.84. The summed E-state index contributed by atoms with van der Waals surface area (Å²) >= 11 is 0. The number of nitrogens with zero attached hydrogens (tertiary/aromatic N) is 3. The Labute approximate surface area is 95.7 Å². The van der Waals surface area contributed by atoms with E-state index in [0.29, 0.717) is 5.92 Å². The Kier molecular flexibility index (Phi) is 2.61. The molecule has 1 aliphatic heterocycles. The van der Waals surface area contributed by atoms with E-state index >= 15 is 0 Å². The fraction of sp³-hybridized carbons (Fsp3) is 0.636. The Hall–Kier alpha value is -1.52. The summed E-state index contributed by atoms with van der Waals surface area (Å²) in [6.45, 7) is 6.20. The lowest BCUT2D eigenvalue weighted by atomic mass is 10.2. The van der Waals surface area contributed by atoms with Crippen molar-refractivity contribution in [1.29, 1.82) is 5.41 Å². The molecule has 0 bridgehead atoms. The minimum atomic E-state index is 0.111. The predicted molar refractivity (Wildman–Crippen MR) is 65.0 cm³/mol. The van der Waals surface area contributed by atoms with E-state index in [1.165, 1.54) is 6.42 Å². The van der Waals surface area contributed by atoms with Gasteiger partial charge in [0.05, 0.1) is 11.3 Å². The molecule has 1 aliphatic rings. The number of nitrogen functional groups attached to an aromatic ring is 1. The van der Waals surface area contributed by atoms with Gasteiger partial charge >= 0.3 is 0 Å². The maximum Gasteiger partial charge on any atom is 0.137 e. The summed E-state index contributed by atoms with van der Waals surface area (Å²) in [6.07, 6.45) is 1.20. The summed E-state index contributed by atoms with van der Waals surface area (Å²) in [5.41, 5.74) is 7.26. The van der Waals surface area contributed by atoms with Crippen LogP contribution in [0.15, 0.2) is 0 Å². The highest BCUT2D eigenvalue weighted by Crippen LogP contribution is 2.27. The average molecular weight is 221 g/mol. The highest BCUT2D eigenvalue weighted by atomic mass is 15.4. The van der Waals surface area contributed by atoms with E-state index < -0.39 is 0 Å². The van der Waals surface area contributed by atoms with Crippen molar-refractivity contribution in [3.8, 4) is 0 Å². The van der Waals surface area contributed by atoms with Gasteiger partial charge in [0.1, 0.15) is 11.7 Å². The molecule has 0 spiro atoms. The molecule has 16 heavy (non-hydrogen) atoms. The molecule has 1 unspecified atom stereocenters. The first-order valence-electron chi connectivity index (χ1n) is 5.63. The van der Waals surface area contributed by atoms with E-state index in [9.17, 15) is 0 Å². The highest BCUT2D eigenvalue weighted by molar-refractivity contribution is 6.00. The minimum Gasteiger partial charge on any atom is -0.384 e. The molecule has 1 fully saturated rings. The fourth-order valence-electron chi connectivity index (χ4n) is 2.45. The van der Waals surface area contributed by atoms with E-state index in [-0.39, 0.29) is 5.84 Å². The van der Waals surface area contributed by atoms with Crippen molar-refractivity contribution in [1.82, 2.24) is 9.78 Å². The zero-order valence-electron chi connectivity index (χ0n) is 10.1. The van der Waals surface area contributed by atoms with Crippen molar-refractivity contribution in [2.45, 2.75) is 20.3 Å². The summed E-state index contributed by atoms with van der Waals surface area (Å²) in [4.78, 5) is 2.28. The zero-order chi connectivity index (χ0) is 11.9. The number of rotatable bonds is 2. The van der Waals surface area contributed by atoms with Crippen LogP contribution in [0.1, 0.15) is 24.6 Å². The van der Waals surface area contributed by atoms with Crippen LogP contribution in [-0.2, 0) is 7.05 Å². The molecule has 5 heteroatoms.